The first-order valence-corrected chi connectivity index (χ1v) is 11.9. The molecule has 1 atom stereocenters. The summed E-state index contributed by atoms with van der Waals surface area (Å²) in [4.78, 5) is 41.0. The van der Waals surface area contributed by atoms with Crippen LogP contribution < -0.4 is 5.32 Å². The number of nitrogens with zero attached hydrogens (tertiary/aromatic N) is 5. The van der Waals surface area contributed by atoms with Crippen LogP contribution in [-0.2, 0) is 22.6 Å². The van der Waals surface area contributed by atoms with E-state index in [1.807, 2.05) is 11.9 Å². The number of carbonyl (C=O) groups excluding carboxylic acids is 2. The summed E-state index contributed by atoms with van der Waals surface area (Å²) in [5, 5.41) is 3.23. The molecule has 0 bridgehead atoms. The second kappa shape index (κ2) is 9.51. The first kappa shape index (κ1) is 22.0. The molecule has 2 amide bonds. The van der Waals surface area contributed by atoms with Gasteiger partial charge in [0.15, 0.2) is 0 Å². The Morgan fingerprint density at radius 2 is 1.77 bits per heavy atom. The minimum Gasteiger partial charge on any atom is -0.373 e. The lowest BCUT2D eigenvalue weighted by atomic mass is 9.94. The van der Waals surface area contributed by atoms with E-state index in [0.29, 0.717) is 12.5 Å². The SMILES string of the molecule is CC[C@@H](C(=O)N1CCC(c2nc3c(c(NC)n2)CCN(C(C)=O)C3)CC1)N1CCCC1. The lowest BCUT2D eigenvalue weighted by Crippen LogP contribution is -2.49. The zero-order chi connectivity index (χ0) is 22.0. The fourth-order valence-electron chi connectivity index (χ4n) is 5.32. The second-order valence-electron chi connectivity index (χ2n) is 9.06. The van der Waals surface area contributed by atoms with Crippen molar-refractivity contribution in [1.82, 2.24) is 24.7 Å². The highest BCUT2D eigenvalue weighted by molar-refractivity contribution is 5.82. The molecule has 0 aromatic carbocycles. The molecule has 1 aromatic heterocycles. The van der Waals surface area contributed by atoms with E-state index in [1.165, 1.54) is 12.8 Å². The third-order valence-electron chi connectivity index (χ3n) is 7.19. The minimum atomic E-state index is 0.0347. The number of hydrogen-bond donors (Lipinski definition) is 1. The number of fused-ring (bicyclic) bond motifs is 1. The topological polar surface area (TPSA) is 81.7 Å². The molecule has 0 radical (unpaired) electrons. The smallest absolute Gasteiger partial charge is 0.239 e. The summed E-state index contributed by atoms with van der Waals surface area (Å²) < 4.78 is 0. The Morgan fingerprint density at radius 1 is 1.06 bits per heavy atom. The van der Waals surface area contributed by atoms with Gasteiger partial charge in [0, 0.05) is 45.1 Å². The average molecular weight is 429 g/mol. The Labute approximate surface area is 185 Å². The van der Waals surface area contributed by atoms with Crippen molar-refractivity contribution in [3.63, 3.8) is 0 Å². The number of likely N-dealkylation sites (tertiary alicyclic amines) is 2. The maximum atomic E-state index is 13.2. The van der Waals surface area contributed by atoms with Crippen LogP contribution in [0.1, 0.15) is 69.0 Å². The van der Waals surface area contributed by atoms with Gasteiger partial charge < -0.3 is 15.1 Å². The summed E-state index contributed by atoms with van der Waals surface area (Å²) in [6.07, 6.45) is 5.85. The number of piperidine rings is 1. The zero-order valence-electron chi connectivity index (χ0n) is 19.2. The molecule has 8 heteroatoms. The van der Waals surface area contributed by atoms with Gasteiger partial charge >= 0.3 is 0 Å². The zero-order valence-corrected chi connectivity index (χ0v) is 19.2. The monoisotopic (exact) mass is 428 g/mol. The maximum Gasteiger partial charge on any atom is 0.239 e. The Balaban J connectivity index is 1.44. The predicted octanol–water partition coefficient (Wildman–Crippen LogP) is 2.00. The number of hydrogen-bond acceptors (Lipinski definition) is 6. The molecule has 2 saturated heterocycles. The fraction of sp³-hybridized carbons (Fsp3) is 0.739. The van der Waals surface area contributed by atoms with Gasteiger partial charge in [0.2, 0.25) is 11.8 Å². The number of amides is 2. The van der Waals surface area contributed by atoms with Crippen molar-refractivity contribution in [2.75, 3.05) is 45.1 Å². The summed E-state index contributed by atoms with van der Waals surface area (Å²) in [7, 11) is 1.90. The number of rotatable bonds is 5. The molecule has 0 spiro atoms. The summed E-state index contributed by atoms with van der Waals surface area (Å²) in [5.74, 6) is 2.38. The van der Waals surface area contributed by atoms with E-state index in [1.54, 1.807) is 6.92 Å². The van der Waals surface area contributed by atoms with Gasteiger partial charge in [0.1, 0.15) is 11.6 Å². The van der Waals surface area contributed by atoms with Gasteiger partial charge in [-0.2, -0.15) is 0 Å². The van der Waals surface area contributed by atoms with E-state index >= 15 is 0 Å². The molecule has 2 fully saturated rings. The van der Waals surface area contributed by atoms with Crippen molar-refractivity contribution >= 4 is 17.6 Å². The van der Waals surface area contributed by atoms with E-state index in [0.717, 1.165) is 81.3 Å². The molecule has 31 heavy (non-hydrogen) atoms. The highest BCUT2D eigenvalue weighted by Crippen LogP contribution is 2.31. The summed E-state index contributed by atoms with van der Waals surface area (Å²) >= 11 is 0. The lowest BCUT2D eigenvalue weighted by Gasteiger charge is -2.36. The van der Waals surface area contributed by atoms with Gasteiger partial charge in [-0.15, -0.1) is 0 Å². The van der Waals surface area contributed by atoms with E-state index in [9.17, 15) is 9.59 Å². The van der Waals surface area contributed by atoms with Crippen LogP contribution in [-0.4, -0.2) is 82.3 Å². The molecule has 4 rings (SSSR count). The average Bonchev–Trinajstić information content (AvgIpc) is 3.32. The van der Waals surface area contributed by atoms with Crippen LogP contribution in [0.4, 0.5) is 5.82 Å². The Hall–Kier alpha value is -2.22. The highest BCUT2D eigenvalue weighted by atomic mass is 16.2. The molecule has 4 heterocycles. The molecule has 0 unspecified atom stereocenters. The van der Waals surface area contributed by atoms with Crippen LogP contribution in [0.5, 0.6) is 0 Å². The fourth-order valence-corrected chi connectivity index (χ4v) is 5.32. The molecule has 170 valence electrons. The van der Waals surface area contributed by atoms with Gasteiger partial charge in [-0.05, 0) is 51.6 Å². The van der Waals surface area contributed by atoms with E-state index < -0.39 is 0 Å². The molecule has 1 aromatic rings. The van der Waals surface area contributed by atoms with Gasteiger partial charge in [0.25, 0.3) is 0 Å². The molecule has 0 saturated carbocycles. The lowest BCUT2D eigenvalue weighted by molar-refractivity contribution is -0.138. The highest BCUT2D eigenvalue weighted by Gasteiger charge is 2.33. The first-order valence-electron chi connectivity index (χ1n) is 11.9. The first-order chi connectivity index (χ1) is 15.0. The maximum absolute atomic E-state index is 13.2. The van der Waals surface area contributed by atoms with Crippen LogP contribution in [0.3, 0.4) is 0 Å². The number of anilines is 1. The van der Waals surface area contributed by atoms with Crippen molar-refractivity contribution in [3.8, 4) is 0 Å². The molecule has 1 N–H and O–H groups in total. The molecule has 0 aliphatic carbocycles. The Bertz CT molecular complexity index is 815. The van der Waals surface area contributed by atoms with Gasteiger partial charge in [-0.3, -0.25) is 14.5 Å². The van der Waals surface area contributed by atoms with Crippen molar-refractivity contribution < 1.29 is 9.59 Å². The minimum absolute atomic E-state index is 0.0347. The summed E-state index contributed by atoms with van der Waals surface area (Å²) in [6.45, 7) is 8.64. The summed E-state index contributed by atoms with van der Waals surface area (Å²) in [5.41, 5.74) is 2.10. The van der Waals surface area contributed by atoms with Crippen LogP contribution in [0, 0.1) is 0 Å². The number of carbonyl (C=O) groups is 2. The van der Waals surface area contributed by atoms with Gasteiger partial charge in [0.05, 0.1) is 18.3 Å². The Morgan fingerprint density at radius 3 is 2.39 bits per heavy atom. The molecular weight excluding hydrogens is 392 g/mol. The van der Waals surface area contributed by atoms with Crippen molar-refractivity contribution in [3.05, 3.63) is 17.1 Å². The van der Waals surface area contributed by atoms with Crippen LogP contribution in [0.25, 0.3) is 0 Å². The van der Waals surface area contributed by atoms with Crippen LogP contribution >= 0.6 is 0 Å². The van der Waals surface area contributed by atoms with Crippen molar-refractivity contribution in [2.24, 2.45) is 0 Å². The molecule has 8 nitrogen and oxygen atoms in total. The van der Waals surface area contributed by atoms with Crippen LogP contribution in [0.2, 0.25) is 0 Å². The van der Waals surface area contributed by atoms with Crippen LogP contribution in [0.15, 0.2) is 0 Å². The van der Waals surface area contributed by atoms with E-state index in [-0.39, 0.29) is 17.9 Å². The third-order valence-corrected chi connectivity index (χ3v) is 7.19. The largest absolute Gasteiger partial charge is 0.373 e. The predicted molar refractivity (Wildman–Crippen MR) is 120 cm³/mol. The van der Waals surface area contributed by atoms with Crippen molar-refractivity contribution in [1.29, 1.82) is 0 Å². The van der Waals surface area contributed by atoms with E-state index in [4.69, 9.17) is 9.97 Å². The standard InChI is InChI=1S/C23H36N6O2/c1-4-20(27-10-5-6-11-27)23(31)28-12-7-17(8-13-28)21-25-19-15-29(16(2)30)14-9-18(19)22(24-3)26-21/h17,20H,4-15H2,1-3H3,(H,24,25,26)/t20-/m0/s1. The molecule has 3 aliphatic heterocycles. The van der Waals surface area contributed by atoms with Gasteiger partial charge in [-0.25, -0.2) is 9.97 Å². The molecule has 3 aliphatic rings. The number of nitrogens with one attached hydrogen (secondary N) is 1. The quantitative estimate of drug-likeness (QED) is 0.773. The Kier molecular flexibility index (Phi) is 6.74. The normalized spacial score (nSPS) is 21.1. The number of aromatic nitrogens is 2. The van der Waals surface area contributed by atoms with Crippen molar-refractivity contribution in [2.45, 2.75) is 70.9 Å². The second-order valence-corrected chi connectivity index (χ2v) is 9.06. The molecular formula is C23H36N6O2. The third kappa shape index (κ3) is 4.54. The van der Waals surface area contributed by atoms with Gasteiger partial charge in [-0.1, -0.05) is 6.92 Å². The van der Waals surface area contributed by atoms with E-state index in [2.05, 4.69) is 22.0 Å². The summed E-state index contributed by atoms with van der Waals surface area (Å²) in [6, 6.07) is 0.0347.